The predicted molar refractivity (Wildman–Crippen MR) is 206 cm³/mol. The van der Waals surface area contributed by atoms with Crippen LogP contribution < -0.4 is 10.3 Å². The third-order valence-electron chi connectivity index (χ3n) is 12.4. The van der Waals surface area contributed by atoms with Crippen LogP contribution in [-0.4, -0.2) is 108 Å². The molecule has 0 spiro atoms. The van der Waals surface area contributed by atoms with Gasteiger partial charge in [0.15, 0.2) is 0 Å². The lowest BCUT2D eigenvalue weighted by Crippen LogP contribution is -2.60. The molecule has 3 atom stereocenters. The number of morpholine rings is 1. The number of H-pyrrole nitrogens is 3. The zero-order valence-corrected chi connectivity index (χ0v) is 30.5. The summed E-state index contributed by atoms with van der Waals surface area (Å²) in [6, 6.07) is 29.0. The number of nitrogens with zero attached hydrogens (tertiary/aromatic N) is 5. The lowest BCUT2D eigenvalue weighted by Gasteiger charge is -2.52. The Morgan fingerprint density at radius 1 is 0.784 bits per heavy atom. The Labute approximate surface area is 303 Å². The fraction of sp³-hybridized carbons (Fsp3) is 0.425. The number of hydrogen-bond acceptors (Lipinski definition) is 8. The molecule has 9 rings (SSSR count). The summed E-state index contributed by atoms with van der Waals surface area (Å²) in [5, 5.41) is 21.9. The summed E-state index contributed by atoms with van der Waals surface area (Å²) in [6.07, 6.45) is 3.77. The molecule has 0 saturated carbocycles. The highest BCUT2D eigenvalue weighted by atomic mass is 32.1. The summed E-state index contributed by atoms with van der Waals surface area (Å²) in [7, 11) is 2.34. The molecule has 3 unspecified atom stereocenters. The van der Waals surface area contributed by atoms with Crippen LogP contribution in [0.5, 0.6) is 0 Å². The number of aromatic nitrogens is 4. The fourth-order valence-electron chi connectivity index (χ4n) is 9.95. The number of benzene rings is 2. The van der Waals surface area contributed by atoms with Crippen molar-refractivity contribution in [2.24, 2.45) is 0 Å². The normalized spacial score (nSPS) is 26.9. The molecule has 2 aromatic carbocycles. The topological polar surface area (TPSA) is 94.5 Å². The largest absolute Gasteiger partial charge is 0.379 e. The first-order valence-electron chi connectivity index (χ1n) is 18.5. The van der Waals surface area contributed by atoms with Crippen molar-refractivity contribution in [3.05, 3.63) is 107 Å². The van der Waals surface area contributed by atoms with Crippen LogP contribution in [0.3, 0.4) is 0 Å². The van der Waals surface area contributed by atoms with Gasteiger partial charge in [-0.3, -0.25) is 15.0 Å². The molecular weight excluding hydrogens is 655 g/mol. The molecule has 3 aliphatic heterocycles. The smallest absolute Gasteiger partial charge is 0.122 e. The summed E-state index contributed by atoms with van der Waals surface area (Å²) >= 11 is 1.86. The van der Waals surface area contributed by atoms with E-state index in [1.54, 1.807) is 0 Å². The Bertz CT molecular complexity index is 2000. The number of thiophene rings is 1. The molecule has 6 aromatic rings. The van der Waals surface area contributed by atoms with Gasteiger partial charge >= 0.3 is 0 Å². The van der Waals surface area contributed by atoms with E-state index in [4.69, 9.17) is 9.84 Å². The van der Waals surface area contributed by atoms with Gasteiger partial charge in [0.1, 0.15) is 11.4 Å². The molecule has 4 aromatic heterocycles. The average molecular weight is 704 g/mol. The van der Waals surface area contributed by atoms with Gasteiger partial charge in [0.2, 0.25) is 0 Å². The van der Waals surface area contributed by atoms with Gasteiger partial charge < -0.3 is 24.9 Å². The number of piperazine rings is 1. The maximum absolute atomic E-state index is 5.85. The van der Waals surface area contributed by atoms with Crippen LogP contribution in [0.25, 0.3) is 21.8 Å². The van der Waals surface area contributed by atoms with Crippen LogP contribution in [0.1, 0.15) is 36.0 Å². The molecule has 4 N–H and O–H groups in total. The van der Waals surface area contributed by atoms with Crippen LogP contribution in [-0.2, 0) is 21.2 Å². The molecule has 3 fully saturated rings. The molecule has 3 aliphatic rings. The average Bonchev–Trinajstić information content (AvgIpc) is 4.01. The Hall–Kier alpha value is -3.97. The van der Waals surface area contributed by atoms with Crippen molar-refractivity contribution < 1.29 is 4.74 Å². The molecule has 266 valence electrons. The van der Waals surface area contributed by atoms with Crippen molar-refractivity contribution in [1.82, 2.24) is 40.3 Å². The van der Waals surface area contributed by atoms with Gasteiger partial charge in [-0.1, -0.05) is 42.5 Å². The van der Waals surface area contributed by atoms with Gasteiger partial charge in [-0.05, 0) is 73.5 Å². The summed E-state index contributed by atoms with van der Waals surface area (Å²) < 4.78 is 5.85. The summed E-state index contributed by atoms with van der Waals surface area (Å²) in [4.78, 5) is 14.5. The van der Waals surface area contributed by atoms with Crippen molar-refractivity contribution >= 4 is 39.0 Å². The van der Waals surface area contributed by atoms with E-state index in [1.165, 1.54) is 21.3 Å². The number of ether oxygens (including phenoxy) is 1. The number of hydrazine groups is 1. The van der Waals surface area contributed by atoms with E-state index in [0.717, 1.165) is 101 Å². The van der Waals surface area contributed by atoms with E-state index < -0.39 is 16.5 Å². The van der Waals surface area contributed by atoms with Crippen molar-refractivity contribution in [2.45, 2.75) is 36.3 Å². The van der Waals surface area contributed by atoms with Gasteiger partial charge in [0, 0.05) is 91.7 Å². The van der Waals surface area contributed by atoms with Crippen LogP contribution >= 0.6 is 11.3 Å². The van der Waals surface area contributed by atoms with Crippen LogP contribution in [0.2, 0.25) is 0 Å². The SMILES string of the molecule is CN1N(c2cc3ccccc3[nH]2)C(C)(c2cccs2)C(CCN2CCOCC2)(c2ccn[nH]2)C1(CCN1CCNCC1)c1cc2ccccc2[nH]1. The molecule has 0 bridgehead atoms. The monoisotopic (exact) mass is 703 g/mol. The Balaban J connectivity index is 1.35. The maximum Gasteiger partial charge on any atom is 0.122 e. The number of para-hydroxylation sites is 2. The highest BCUT2D eigenvalue weighted by Crippen LogP contribution is 2.68. The molecule has 0 aliphatic carbocycles. The Morgan fingerprint density at radius 3 is 2.18 bits per heavy atom. The lowest BCUT2D eigenvalue weighted by molar-refractivity contribution is 0.0138. The van der Waals surface area contributed by atoms with Crippen LogP contribution in [0.4, 0.5) is 5.82 Å². The van der Waals surface area contributed by atoms with E-state index in [9.17, 15) is 0 Å². The third kappa shape index (κ3) is 5.12. The summed E-state index contributed by atoms with van der Waals surface area (Å²) in [6.45, 7) is 12.0. The second kappa shape index (κ2) is 13.2. The first-order valence-corrected chi connectivity index (χ1v) is 19.4. The summed E-state index contributed by atoms with van der Waals surface area (Å²) in [5.41, 5.74) is 3.10. The van der Waals surface area contributed by atoms with Gasteiger partial charge in [-0.25, -0.2) is 5.01 Å². The third-order valence-corrected chi connectivity index (χ3v) is 13.5. The number of likely N-dealkylation sites (N-methyl/N-ethyl adjacent to an activating group) is 1. The van der Waals surface area contributed by atoms with E-state index >= 15 is 0 Å². The number of rotatable bonds is 10. The Kier molecular flexibility index (Phi) is 8.53. The molecular formula is C40H49N9OS. The van der Waals surface area contributed by atoms with Crippen molar-refractivity contribution in [2.75, 3.05) is 77.6 Å². The fourth-order valence-corrected chi connectivity index (χ4v) is 10.9. The number of anilines is 1. The minimum Gasteiger partial charge on any atom is -0.379 e. The highest BCUT2D eigenvalue weighted by molar-refractivity contribution is 7.10. The first kappa shape index (κ1) is 32.9. The zero-order chi connectivity index (χ0) is 34.5. The van der Waals surface area contributed by atoms with Gasteiger partial charge in [0.05, 0.1) is 24.2 Å². The minimum atomic E-state index is -0.545. The van der Waals surface area contributed by atoms with E-state index in [2.05, 4.69) is 138 Å². The highest BCUT2D eigenvalue weighted by Gasteiger charge is 2.75. The molecule has 3 saturated heterocycles. The van der Waals surface area contributed by atoms with Crippen LogP contribution in [0.15, 0.2) is 90.4 Å². The van der Waals surface area contributed by atoms with Crippen molar-refractivity contribution in [3.63, 3.8) is 0 Å². The maximum atomic E-state index is 5.85. The Morgan fingerprint density at radius 2 is 1.49 bits per heavy atom. The van der Waals surface area contributed by atoms with Crippen LogP contribution in [0, 0.1) is 0 Å². The zero-order valence-electron chi connectivity index (χ0n) is 29.7. The number of aromatic amines is 3. The quantitative estimate of drug-likeness (QED) is 0.142. The van der Waals surface area contributed by atoms with Gasteiger partial charge in [-0.2, -0.15) is 5.10 Å². The van der Waals surface area contributed by atoms with E-state index in [0.29, 0.717) is 0 Å². The van der Waals surface area contributed by atoms with Gasteiger partial charge in [0.25, 0.3) is 0 Å². The molecule has 51 heavy (non-hydrogen) atoms. The second-order valence-corrected chi connectivity index (χ2v) is 15.6. The predicted octanol–water partition coefficient (Wildman–Crippen LogP) is 5.87. The molecule has 7 heterocycles. The number of nitrogens with one attached hydrogen (secondary N) is 4. The standard InChI is InChI=1S/C40H49N9OS/c1-38(36-12-7-27-51-36)39(34-13-16-42-45-34,14-19-48-23-25-50-26-24-48)40(15-20-47-21-17-41-18-22-47,35-28-30-8-3-5-10-32(30)43-35)46(2)49(38)37-29-31-9-4-6-11-33(31)44-37/h3-13,16,27-29,41,43-44H,14-15,17-26H2,1-2H3,(H,42,45). The minimum absolute atomic E-state index is 0.513. The molecule has 0 amide bonds. The molecule has 0 radical (unpaired) electrons. The lowest BCUT2D eigenvalue weighted by atomic mass is 9.54. The van der Waals surface area contributed by atoms with E-state index in [1.807, 2.05) is 17.5 Å². The van der Waals surface area contributed by atoms with Crippen molar-refractivity contribution in [3.8, 4) is 0 Å². The molecule has 10 nitrogen and oxygen atoms in total. The first-order chi connectivity index (χ1) is 25.0. The van der Waals surface area contributed by atoms with Crippen molar-refractivity contribution in [1.29, 1.82) is 0 Å². The summed E-state index contributed by atoms with van der Waals surface area (Å²) in [5.74, 6) is 1.09. The molecule has 11 heteroatoms. The second-order valence-electron chi connectivity index (χ2n) is 14.7. The van der Waals surface area contributed by atoms with E-state index in [-0.39, 0.29) is 0 Å². The number of fused-ring (bicyclic) bond motifs is 2. The number of hydrogen-bond donors (Lipinski definition) is 4. The van der Waals surface area contributed by atoms with Gasteiger partial charge in [-0.15, -0.1) is 11.3 Å².